The monoisotopic (exact) mass is 329 g/mol. The third kappa shape index (κ3) is 4.34. The zero-order chi connectivity index (χ0) is 16.4. The molecule has 1 aliphatic heterocycles. The number of alkyl halides is 2. The minimum absolute atomic E-state index is 0.106. The lowest BCUT2D eigenvalue weighted by Gasteiger charge is -2.28. The summed E-state index contributed by atoms with van der Waals surface area (Å²) < 4.78 is 60.2. The molecule has 7 nitrogen and oxygen atoms in total. The second-order valence-corrected chi connectivity index (χ2v) is 6.54. The van der Waals surface area contributed by atoms with Crippen LogP contribution in [0, 0.1) is 5.92 Å². The van der Waals surface area contributed by atoms with E-state index in [0.717, 1.165) is 0 Å². The summed E-state index contributed by atoms with van der Waals surface area (Å²) >= 11 is 0. The van der Waals surface area contributed by atoms with Gasteiger partial charge in [0.1, 0.15) is 0 Å². The summed E-state index contributed by atoms with van der Waals surface area (Å²) in [5.41, 5.74) is 0. The molecule has 1 saturated heterocycles. The van der Waals surface area contributed by atoms with Crippen molar-refractivity contribution >= 4 is 22.0 Å². The van der Waals surface area contributed by atoms with Gasteiger partial charge in [0.05, 0.1) is 0 Å². The smallest absolute Gasteiger partial charge is 0.405 e. The number of halogens is 2. The minimum atomic E-state index is -5.67. The Labute approximate surface area is 121 Å². The second kappa shape index (κ2) is 6.22. The number of rotatable bonds is 5. The molecule has 1 N–H and O–H groups in total. The maximum atomic E-state index is 13.2. The van der Waals surface area contributed by atoms with Crippen LogP contribution in [0.1, 0.15) is 26.2 Å². The summed E-state index contributed by atoms with van der Waals surface area (Å²) in [7, 11) is -4.05. The Kier molecular flexibility index (Phi) is 5.26. The summed E-state index contributed by atoms with van der Waals surface area (Å²) in [6.07, 6.45) is -1.94. The predicted molar refractivity (Wildman–Crippen MR) is 67.0 cm³/mol. The molecular formula is C11H17F2NO6S. The molecule has 1 amide bonds. The largest absolute Gasteiger partial charge is 0.455 e. The van der Waals surface area contributed by atoms with Crippen molar-refractivity contribution in [3.05, 3.63) is 0 Å². The van der Waals surface area contributed by atoms with Gasteiger partial charge in [0, 0.05) is 26.4 Å². The van der Waals surface area contributed by atoms with E-state index in [-0.39, 0.29) is 24.7 Å². The fourth-order valence-electron chi connectivity index (χ4n) is 1.94. The van der Waals surface area contributed by atoms with Crippen LogP contribution in [0.5, 0.6) is 0 Å². The minimum Gasteiger partial charge on any atom is -0.455 e. The summed E-state index contributed by atoms with van der Waals surface area (Å²) in [4.78, 5) is 24.5. The first-order chi connectivity index (χ1) is 9.45. The lowest BCUT2D eigenvalue weighted by atomic mass is 9.93. The van der Waals surface area contributed by atoms with Gasteiger partial charge in [0.2, 0.25) is 5.91 Å². The van der Waals surface area contributed by atoms with Crippen molar-refractivity contribution in [2.75, 3.05) is 13.6 Å². The standard InChI is InChI=1S/C11H17F2NO6S/c1-7(11(12,13)21(17,18)19)20-10(16)6-8-3-4-14(2)9(15)5-8/h7-8H,3-6H2,1-2H3,(H,17,18,19). The molecule has 0 aromatic heterocycles. The van der Waals surface area contributed by atoms with Crippen LogP contribution in [0.4, 0.5) is 8.78 Å². The van der Waals surface area contributed by atoms with Gasteiger partial charge in [-0.2, -0.15) is 17.2 Å². The van der Waals surface area contributed by atoms with Crippen LogP contribution >= 0.6 is 0 Å². The maximum absolute atomic E-state index is 13.2. The normalized spacial score (nSPS) is 22.0. The third-order valence-electron chi connectivity index (χ3n) is 3.34. The van der Waals surface area contributed by atoms with E-state index in [1.807, 2.05) is 0 Å². The third-order valence-corrected chi connectivity index (χ3v) is 4.36. The van der Waals surface area contributed by atoms with Crippen molar-refractivity contribution in [1.29, 1.82) is 0 Å². The van der Waals surface area contributed by atoms with Crippen LogP contribution < -0.4 is 0 Å². The molecule has 1 rings (SSSR count). The summed E-state index contributed by atoms with van der Waals surface area (Å²) in [5, 5.41) is -4.58. The maximum Gasteiger partial charge on any atom is 0.405 e. The molecular weight excluding hydrogens is 312 g/mol. The fraction of sp³-hybridized carbons (Fsp3) is 0.818. The van der Waals surface area contributed by atoms with Gasteiger partial charge in [0.15, 0.2) is 6.10 Å². The zero-order valence-corrected chi connectivity index (χ0v) is 12.4. The Morgan fingerprint density at radius 2 is 2.14 bits per heavy atom. The van der Waals surface area contributed by atoms with Gasteiger partial charge < -0.3 is 9.64 Å². The average molecular weight is 329 g/mol. The highest BCUT2D eigenvalue weighted by Gasteiger charge is 2.52. The number of esters is 1. The molecule has 1 aliphatic rings. The highest BCUT2D eigenvalue weighted by molar-refractivity contribution is 7.86. The average Bonchev–Trinajstić information content (AvgIpc) is 2.32. The van der Waals surface area contributed by atoms with E-state index in [4.69, 9.17) is 4.55 Å². The first-order valence-electron chi connectivity index (χ1n) is 6.23. The van der Waals surface area contributed by atoms with Crippen LogP contribution in [-0.4, -0.2) is 54.7 Å². The van der Waals surface area contributed by atoms with E-state index in [9.17, 15) is 26.8 Å². The van der Waals surface area contributed by atoms with Gasteiger partial charge in [-0.05, 0) is 19.3 Å². The van der Waals surface area contributed by atoms with Crippen LogP contribution in [0.15, 0.2) is 0 Å². The molecule has 0 spiro atoms. The molecule has 0 aliphatic carbocycles. The predicted octanol–water partition coefficient (Wildman–Crippen LogP) is 0.657. The van der Waals surface area contributed by atoms with Crippen molar-refractivity contribution in [3.8, 4) is 0 Å². The summed E-state index contributed by atoms with van der Waals surface area (Å²) in [6.45, 7) is 1.12. The van der Waals surface area contributed by atoms with Crippen molar-refractivity contribution in [1.82, 2.24) is 4.90 Å². The second-order valence-electron chi connectivity index (χ2n) is 5.05. The fourth-order valence-corrected chi connectivity index (χ4v) is 2.41. The Bertz CT molecular complexity index is 521. The number of amides is 1. The number of piperidine rings is 1. The van der Waals surface area contributed by atoms with E-state index in [0.29, 0.717) is 19.9 Å². The van der Waals surface area contributed by atoms with Crippen molar-refractivity contribution in [3.63, 3.8) is 0 Å². The van der Waals surface area contributed by atoms with Crippen molar-refractivity contribution in [2.24, 2.45) is 5.92 Å². The molecule has 2 unspecified atom stereocenters. The van der Waals surface area contributed by atoms with Crippen LogP contribution in [0.25, 0.3) is 0 Å². The number of hydrogen-bond donors (Lipinski definition) is 1. The van der Waals surface area contributed by atoms with Crippen molar-refractivity contribution in [2.45, 2.75) is 37.5 Å². The Hall–Kier alpha value is -1.29. The Morgan fingerprint density at radius 3 is 2.62 bits per heavy atom. The molecule has 122 valence electrons. The van der Waals surface area contributed by atoms with E-state index in [1.165, 1.54) is 4.90 Å². The van der Waals surface area contributed by atoms with Crippen LogP contribution in [0.3, 0.4) is 0 Å². The van der Waals surface area contributed by atoms with Crippen LogP contribution in [0.2, 0.25) is 0 Å². The van der Waals surface area contributed by atoms with E-state index in [1.54, 1.807) is 7.05 Å². The highest BCUT2D eigenvalue weighted by atomic mass is 32.2. The molecule has 0 bridgehead atoms. The number of carbonyl (C=O) groups is 2. The van der Waals surface area contributed by atoms with Gasteiger partial charge in [-0.15, -0.1) is 0 Å². The lowest BCUT2D eigenvalue weighted by molar-refractivity contribution is -0.161. The lowest BCUT2D eigenvalue weighted by Crippen LogP contribution is -2.42. The molecule has 0 aromatic carbocycles. The number of likely N-dealkylation sites (tertiary alicyclic amines) is 1. The van der Waals surface area contributed by atoms with Crippen LogP contribution in [-0.2, 0) is 24.4 Å². The molecule has 0 aromatic rings. The molecule has 0 radical (unpaired) electrons. The molecule has 2 atom stereocenters. The molecule has 10 heteroatoms. The van der Waals surface area contributed by atoms with Gasteiger partial charge >= 0.3 is 21.3 Å². The topological polar surface area (TPSA) is 101 Å². The molecule has 1 fully saturated rings. The first kappa shape index (κ1) is 17.8. The first-order valence-corrected chi connectivity index (χ1v) is 7.67. The number of hydrogen-bond acceptors (Lipinski definition) is 5. The van der Waals surface area contributed by atoms with Crippen molar-refractivity contribution < 1.29 is 36.1 Å². The van der Waals surface area contributed by atoms with Gasteiger partial charge in [-0.3, -0.25) is 14.1 Å². The van der Waals surface area contributed by atoms with E-state index in [2.05, 4.69) is 4.74 Å². The zero-order valence-electron chi connectivity index (χ0n) is 11.6. The van der Waals surface area contributed by atoms with Gasteiger partial charge in [-0.25, -0.2) is 0 Å². The number of nitrogens with zero attached hydrogens (tertiary/aromatic N) is 1. The number of ether oxygens (including phenoxy) is 1. The quantitative estimate of drug-likeness (QED) is 0.587. The molecule has 0 saturated carbocycles. The van der Waals surface area contributed by atoms with Gasteiger partial charge in [-0.1, -0.05) is 0 Å². The number of carbonyl (C=O) groups excluding carboxylic acids is 2. The van der Waals surface area contributed by atoms with E-state index < -0.39 is 27.4 Å². The van der Waals surface area contributed by atoms with Gasteiger partial charge in [0.25, 0.3) is 0 Å². The van der Waals surface area contributed by atoms with E-state index >= 15 is 0 Å². The Balaban J connectivity index is 2.56. The SMILES string of the molecule is CC(OC(=O)CC1CCN(C)C(=O)C1)C(F)(F)S(=O)(=O)O. The molecule has 21 heavy (non-hydrogen) atoms. The summed E-state index contributed by atoms with van der Waals surface area (Å²) in [5.74, 6) is -1.52. The Morgan fingerprint density at radius 1 is 1.57 bits per heavy atom. The molecule has 1 heterocycles. The summed E-state index contributed by atoms with van der Waals surface area (Å²) in [6, 6.07) is 0. The highest BCUT2D eigenvalue weighted by Crippen LogP contribution is 2.28.